The van der Waals surface area contributed by atoms with Gasteiger partial charge in [0.1, 0.15) is 5.82 Å². The number of anilines is 1. The first-order valence-electron chi connectivity index (χ1n) is 7.89. The molecule has 1 aromatic rings. The van der Waals surface area contributed by atoms with Crippen molar-refractivity contribution in [2.45, 2.75) is 65.6 Å². The molecule has 0 aromatic carbocycles. The first-order chi connectivity index (χ1) is 9.59. The van der Waals surface area contributed by atoms with Crippen molar-refractivity contribution in [3.63, 3.8) is 0 Å². The van der Waals surface area contributed by atoms with Crippen LogP contribution in [0.5, 0.6) is 0 Å². The maximum atomic E-state index is 6.07. The zero-order chi connectivity index (χ0) is 14.4. The van der Waals surface area contributed by atoms with Crippen LogP contribution in [0.15, 0.2) is 18.3 Å². The molecule has 3 nitrogen and oxygen atoms in total. The van der Waals surface area contributed by atoms with Crippen molar-refractivity contribution in [1.29, 1.82) is 0 Å². The molecule has 0 unspecified atom stereocenters. The van der Waals surface area contributed by atoms with E-state index in [1.165, 1.54) is 31.2 Å². The molecule has 1 saturated carbocycles. The normalized spacial score (nSPS) is 18.9. The van der Waals surface area contributed by atoms with E-state index >= 15 is 0 Å². The molecule has 3 heteroatoms. The number of nitrogens with zero attached hydrogens (tertiary/aromatic N) is 1. The fourth-order valence-electron chi connectivity index (χ4n) is 2.67. The highest BCUT2D eigenvalue weighted by molar-refractivity contribution is 5.37. The van der Waals surface area contributed by atoms with Gasteiger partial charge in [-0.05, 0) is 55.2 Å². The van der Waals surface area contributed by atoms with Gasteiger partial charge in [0.05, 0.1) is 12.7 Å². The van der Waals surface area contributed by atoms with E-state index < -0.39 is 0 Å². The molecule has 0 aliphatic heterocycles. The van der Waals surface area contributed by atoms with Gasteiger partial charge in [-0.3, -0.25) is 0 Å². The van der Waals surface area contributed by atoms with Crippen LogP contribution in [0.4, 0.5) is 5.82 Å². The monoisotopic (exact) mass is 276 g/mol. The molecule has 20 heavy (non-hydrogen) atoms. The molecule has 0 radical (unpaired) electrons. The lowest BCUT2D eigenvalue weighted by molar-refractivity contribution is -0.00559. The van der Waals surface area contributed by atoms with Crippen LogP contribution in [0.2, 0.25) is 0 Å². The quantitative estimate of drug-likeness (QED) is 0.836. The summed E-state index contributed by atoms with van der Waals surface area (Å²) in [5.41, 5.74) is 1.72. The Balaban J connectivity index is 1.79. The van der Waals surface area contributed by atoms with Crippen molar-refractivity contribution in [1.82, 2.24) is 4.98 Å². The van der Waals surface area contributed by atoms with Crippen LogP contribution in [0.3, 0.4) is 0 Å². The number of pyridine rings is 1. The fourth-order valence-corrected chi connectivity index (χ4v) is 2.67. The zero-order valence-electron chi connectivity index (χ0n) is 13.1. The molecule has 1 aliphatic carbocycles. The highest BCUT2D eigenvalue weighted by Crippen LogP contribution is 2.36. The topological polar surface area (TPSA) is 34.1 Å². The SMILES string of the molecule is CCCNc1cc(COC2CCC(C)(C)CC2)ccn1. The van der Waals surface area contributed by atoms with Crippen LogP contribution in [0.1, 0.15) is 58.4 Å². The second kappa shape index (κ2) is 7.07. The maximum Gasteiger partial charge on any atom is 0.126 e. The smallest absolute Gasteiger partial charge is 0.126 e. The second-order valence-corrected chi connectivity index (χ2v) is 6.65. The first-order valence-corrected chi connectivity index (χ1v) is 7.89. The number of rotatable bonds is 6. The Hall–Kier alpha value is -1.09. The summed E-state index contributed by atoms with van der Waals surface area (Å²) in [6.45, 7) is 8.55. The molecule has 0 bridgehead atoms. The Morgan fingerprint density at radius 3 is 2.80 bits per heavy atom. The van der Waals surface area contributed by atoms with E-state index in [0.717, 1.165) is 18.8 Å². The Bertz CT molecular complexity index is 407. The van der Waals surface area contributed by atoms with Gasteiger partial charge in [-0.15, -0.1) is 0 Å². The third-order valence-electron chi connectivity index (χ3n) is 4.15. The van der Waals surface area contributed by atoms with Gasteiger partial charge in [-0.1, -0.05) is 20.8 Å². The predicted octanol–water partition coefficient (Wildman–Crippen LogP) is 4.39. The van der Waals surface area contributed by atoms with Crippen LogP contribution in [0, 0.1) is 5.41 Å². The summed E-state index contributed by atoms with van der Waals surface area (Å²) < 4.78 is 6.07. The molecule has 0 spiro atoms. The lowest BCUT2D eigenvalue weighted by Crippen LogP contribution is -2.26. The molecular weight excluding hydrogens is 248 g/mol. The Kier molecular flexibility index (Phi) is 5.41. The van der Waals surface area contributed by atoms with E-state index in [4.69, 9.17) is 4.74 Å². The van der Waals surface area contributed by atoms with Gasteiger partial charge in [0.2, 0.25) is 0 Å². The van der Waals surface area contributed by atoms with Crippen molar-refractivity contribution in [2.24, 2.45) is 5.41 Å². The second-order valence-electron chi connectivity index (χ2n) is 6.65. The third-order valence-corrected chi connectivity index (χ3v) is 4.15. The van der Waals surface area contributed by atoms with Crippen molar-refractivity contribution in [2.75, 3.05) is 11.9 Å². The molecular formula is C17H28N2O. The van der Waals surface area contributed by atoms with Gasteiger partial charge in [-0.25, -0.2) is 4.98 Å². The van der Waals surface area contributed by atoms with Crippen molar-refractivity contribution in [3.8, 4) is 0 Å². The van der Waals surface area contributed by atoms with Gasteiger partial charge in [0, 0.05) is 12.7 Å². The Labute approximate surface area is 123 Å². The first kappa shape index (κ1) is 15.3. The van der Waals surface area contributed by atoms with Crippen LogP contribution in [-0.2, 0) is 11.3 Å². The van der Waals surface area contributed by atoms with Gasteiger partial charge >= 0.3 is 0 Å². The van der Waals surface area contributed by atoms with Crippen LogP contribution in [-0.4, -0.2) is 17.6 Å². The molecule has 2 rings (SSSR count). The summed E-state index contributed by atoms with van der Waals surface area (Å²) >= 11 is 0. The third kappa shape index (κ3) is 4.78. The summed E-state index contributed by atoms with van der Waals surface area (Å²) in [7, 11) is 0. The van der Waals surface area contributed by atoms with Gasteiger partial charge in [0.15, 0.2) is 0 Å². The number of aromatic nitrogens is 1. The van der Waals surface area contributed by atoms with Crippen molar-refractivity contribution >= 4 is 5.82 Å². The molecule has 0 amide bonds. The van der Waals surface area contributed by atoms with E-state index in [1.807, 2.05) is 12.3 Å². The molecule has 112 valence electrons. The number of hydrogen-bond acceptors (Lipinski definition) is 3. The van der Waals surface area contributed by atoms with E-state index in [0.29, 0.717) is 18.1 Å². The molecule has 1 heterocycles. The minimum atomic E-state index is 0.434. The molecule has 0 atom stereocenters. The molecule has 0 saturated heterocycles. The van der Waals surface area contributed by atoms with E-state index in [9.17, 15) is 0 Å². The standard InChI is InChI=1S/C17H28N2O/c1-4-10-18-16-12-14(7-11-19-16)13-20-15-5-8-17(2,3)9-6-15/h7,11-12,15H,4-6,8-10,13H2,1-3H3,(H,18,19). The van der Waals surface area contributed by atoms with E-state index in [-0.39, 0.29) is 0 Å². The van der Waals surface area contributed by atoms with Crippen molar-refractivity contribution in [3.05, 3.63) is 23.9 Å². The lowest BCUT2D eigenvalue weighted by atomic mass is 9.76. The zero-order valence-corrected chi connectivity index (χ0v) is 13.1. The number of hydrogen-bond donors (Lipinski definition) is 1. The molecule has 1 aromatic heterocycles. The van der Waals surface area contributed by atoms with E-state index in [2.05, 4.69) is 37.1 Å². The summed E-state index contributed by atoms with van der Waals surface area (Å²) in [4.78, 5) is 4.32. The number of ether oxygens (including phenoxy) is 1. The predicted molar refractivity (Wildman–Crippen MR) is 83.8 cm³/mol. The van der Waals surface area contributed by atoms with E-state index in [1.54, 1.807) is 0 Å². The maximum absolute atomic E-state index is 6.07. The largest absolute Gasteiger partial charge is 0.374 e. The Morgan fingerprint density at radius 1 is 1.35 bits per heavy atom. The summed E-state index contributed by atoms with van der Waals surface area (Å²) in [6, 6.07) is 4.15. The minimum absolute atomic E-state index is 0.434. The number of nitrogens with one attached hydrogen (secondary N) is 1. The van der Waals surface area contributed by atoms with Crippen LogP contribution >= 0.6 is 0 Å². The van der Waals surface area contributed by atoms with Crippen molar-refractivity contribution < 1.29 is 4.74 Å². The summed E-state index contributed by atoms with van der Waals surface area (Å²) in [5, 5.41) is 3.32. The average molecular weight is 276 g/mol. The summed E-state index contributed by atoms with van der Waals surface area (Å²) in [5.74, 6) is 0.956. The Morgan fingerprint density at radius 2 is 2.10 bits per heavy atom. The van der Waals surface area contributed by atoms with Gasteiger partial charge < -0.3 is 10.1 Å². The van der Waals surface area contributed by atoms with Crippen LogP contribution < -0.4 is 5.32 Å². The molecule has 1 N–H and O–H groups in total. The lowest BCUT2D eigenvalue weighted by Gasteiger charge is -2.34. The fraction of sp³-hybridized carbons (Fsp3) is 0.706. The molecule has 1 aliphatic rings. The highest BCUT2D eigenvalue weighted by Gasteiger charge is 2.27. The highest BCUT2D eigenvalue weighted by atomic mass is 16.5. The molecule has 1 fully saturated rings. The average Bonchev–Trinajstić information content (AvgIpc) is 2.44. The minimum Gasteiger partial charge on any atom is -0.374 e. The van der Waals surface area contributed by atoms with Gasteiger partial charge in [-0.2, -0.15) is 0 Å². The van der Waals surface area contributed by atoms with Gasteiger partial charge in [0.25, 0.3) is 0 Å². The van der Waals surface area contributed by atoms with Crippen LogP contribution in [0.25, 0.3) is 0 Å². The summed E-state index contributed by atoms with van der Waals surface area (Å²) in [6.07, 6.45) is 8.34.